The van der Waals surface area contributed by atoms with E-state index in [1.54, 1.807) is 0 Å². The number of hydrogen-bond donors (Lipinski definition) is 0. The Hall–Kier alpha value is -2.54. The lowest BCUT2D eigenvalue weighted by Gasteiger charge is -2.22. The molecule has 0 N–H and O–H groups in total. The summed E-state index contributed by atoms with van der Waals surface area (Å²) in [5.41, 5.74) is 0. The largest absolute Gasteiger partial charge is 0.493 e. The van der Waals surface area contributed by atoms with Crippen LogP contribution in [-0.2, 0) is 20.0 Å². The molecule has 0 spiro atoms. The lowest BCUT2D eigenvalue weighted by molar-refractivity contribution is 0.353. The fraction of sp³-hybridized carbons (Fsp3) is 0.429. The highest BCUT2D eigenvalue weighted by Crippen LogP contribution is 2.32. The van der Waals surface area contributed by atoms with E-state index >= 15 is 0 Å². The minimum absolute atomic E-state index is 0.0171. The Morgan fingerprint density at radius 3 is 1.27 bits per heavy atom. The molecular weight excluding hydrogens is 472 g/mol. The van der Waals surface area contributed by atoms with Crippen molar-refractivity contribution in [3.05, 3.63) is 36.4 Å². The Kier molecular flexibility index (Phi) is 7.73. The maximum absolute atomic E-state index is 13.2. The van der Waals surface area contributed by atoms with Crippen molar-refractivity contribution < 1.29 is 35.8 Å². The van der Waals surface area contributed by atoms with E-state index < -0.39 is 20.0 Å². The molecule has 1 aliphatic heterocycles. The van der Waals surface area contributed by atoms with Crippen LogP contribution in [-0.4, -0.2) is 80.1 Å². The molecule has 0 bridgehead atoms. The van der Waals surface area contributed by atoms with Gasteiger partial charge in [-0.1, -0.05) is 0 Å². The van der Waals surface area contributed by atoms with E-state index in [9.17, 15) is 16.8 Å². The number of methoxy groups -OCH3 is 4. The van der Waals surface area contributed by atoms with Crippen LogP contribution in [0.15, 0.2) is 46.2 Å². The molecule has 10 nitrogen and oxygen atoms in total. The Bertz CT molecular complexity index is 1110. The zero-order valence-electron chi connectivity index (χ0n) is 19.0. The number of nitrogens with zero attached hydrogens (tertiary/aromatic N) is 2. The standard InChI is InChI=1S/C21H28N2O8S2/c1-28-18-8-6-16(14-20(18)30-3)32(24,25)22-10-5-11-23(13-12-22)33(26,27)17-7-9-19(29-2)21(15-17)31-4/h6-9,14-15H,5,10-13H2,1-4H3. The SMILES string of the molecule is COc1ccc(S(=O)(=O)N2CCCN(S(=O)(=O)c3ccc(OC)c(OC)c3)CC2)cc1OC. The van der Waals surface area contributed by atoms with Gasteiger partial charge in [-0.05, 0) is 30.7 Å². The normalized spacial score (nSPS) is 16.1. The van der Waals surface area contributed by atoms with Gasteiger partial charge in [0.25, 0.3) is 0 Å². The number of hydrogen-bond acceptors (Lipinski definition) is 8. The van der Waals surface area contributed by atoms with Crippen LogP contribution < -0.4 is 18.9 Å². The number of rotatable bonds is 8. The van der Waals surface area contributed by atoms with Gasteiger partial charge in [0.05, 0.1) is 38.2 Å². The zero-order chi connectivity index (χ0) is 24.2. The van der Waals surface area contributed by atoms with Crippen molar-refractivity contribution in [1.82, 2.24) is 8.61 Å². The number of ether oxygens (including phenoxy) is 4. The van der Waals surface area contributed by atoms with Gasteiger partial charge in [0.1, 0.15) is 0 Å². The van der Waals surface area contributed by atoms with E-state index in [2.05, 4.69) is 0 Å². The van der Waals surface area contributed by atoms with Crippen molar-refractivity contribution in [3.8, 4) is 23.0 Å². The third-order valence-electron chi connectivity index (χ3n) is 5.40. The molecule has 12 heteroatoms. The summed E-state index contributed by atoms with van der Waals surface area (Å²) in [6.07, 6.45) is 0.346. The zero-order valence-corrected chi connectivity index (χ0v) is 20.6. The maximum atomic E-state index is 13.2. The molecule has 0 unspecified atom stereocenters. The first-order valence-electron chi connectivity index (χ1n) is 10.1. The first-order chi connectivity index (χ1) is 15.7. The summed E-state index contributed by atoms with van der Waals surface area (Å²) in [5.74, 6) is 1.43. The Morgan fingerprint density at radius 1 is 0.576 bits per heavy atom. The van der Waals surface area contributed by atoms with Crippen molar-refractivity contribution in [2.45, 2.75) is 16.2 Å². The predicted molar refractivity (Wildman–Crippen MR) is 121 cm³/mol. The van der Waals surface area contributed by atoms with Crippen LogP contribution in [0.3, 0.4) is 0 Å². The molecule has 0 radical (unpaired) electrons. The summed E-state index contributed by atoms with van der Waals surface area (Å²) >= 11 is 0. The molecule has 0 atom stereocenters. The molecule has 1 fully saturated rings. The molecule has 0 amide bonds. The topological polar surface area (TPSA) is 112 Å². The lowest BCUT2D eigenvalue weighted by Crippen LogP contribution is -2.37. The van der Waals surface area contributed by atoms with Crippen LogP contribution in [0.5, 0.6) is 23.0 Å². The number of sulfonamides is 2. The minimum Gasteiger partial charge on any atom is -0.493 e. The molecule has 2 aromatic carbocycles. The van der Waals surface area contributed by atoms with Crippen molar-refractivity contribution >= 4 is 20.0 Å². The van der Waals surface area contributed by atoms with Crippen LogP contribution in [0.25, 0.3) is 0 Å². The molecule has 0 aromatic heterocycles. The van der Waals surface area contributed by atoms with Crippen molar-refractivity contribution in [3.63, 3.8) is 0 Å². The van der Waals surface area contributed by atoms with E-state index in [0.29, 0.717) is 29.4 Å². The van der Waals surface area contributed by atoms with Crippen LogP contribution in [0.4, 0.5) is 0 Å². The maximum Gasteiger partial charge on any atom is 0.243 e. The van der Waals surface area contributed by atoms with Gasteiger partial charge >= 0.3 is 0 Å². The molecular formula is C21H28N2O8S2. The number of benzene rings is 2. The van der Waals surface area contributed by atoms with E-state index in [4.69, 9.17) is 18.9 Å². The Labute approximate surface area is 194 Å². The molecule has 0 saturated carbocycles. The molecule has 1 heterocycles. The van der Waals surface area contributed by atoms with Crippen LogP contribution in [0.1, 0.15) is 6.42 Å². The first-order valence-corrected chi connectivity index (χ1v) is 13.0. The predicted octanol–water partition coefficient (Wildman–Crippen LogP) is 1.81. The third-order valence-corrected chi connectivity index (χ3v) is 9.19. The highest BCUT2D eigenvalue weighted by atomic mass is 32.2. The average Bonchev–Trinajstić information content (AvgIpc) is 3.10. The Morgan fingerprint density at radius 2 is 0.939 bits per heavy atom. The van der Waals surface area contributed by atoms with E-state index in [-0.39, 0.29) is 36.0 Å². The fourth-order valence-corrected chi connectivity index (χ4v) is 6.57. The first kappa shape index (κ1) is 25.1. The summed E-state index contributed by atoms with van der Waals surface area (Å²) in [7, 11) is -1.92. The Balaban J connectivity index is 1.83. The second kappa shape index (κ2) is 10.2. The minimum atomic E-state index is -3.86. The summed E-state index contributed by atoms with van der Waals surface area (Å²) in [6, 6.07) is 8.74. The molecule has 33 heavy (non-hydrogen) atoms. The molecule has 182 valence electrons. The smallest absolute Gasteiger partial charge is 0.243 e. The van der Waals surface area contributed by atoms with Gasteiger partial charge in [-0.3, -0.25) is 0 Å². The van der Waals surface area contributed by atoms with E-state index in [1.165, 1.54) is 73.4 Å². The highest BCUT2D eigenvalue weighted by Gasteiger charge is 2.32. The highest BCUT2D eigenvalue weighted by molar-refractivity contribution is 7.89. The van der Waals surface area contributed by atoms with Gasteiger partial charge in [-0.2, -0.15) is 8.61 Å². The second-order valence-electron chi connectivity index (χ2n) is 7.20. The molecule has 2 aromatic rings. The molecule has 1 saturated heterocycles. The van der Waals surface area contributed by atoms with Crippen LogP contribution in [0, 0.1) is 0 Å². The third kappa shape index (κ3) is 5.03. The summed E-state index contributed by atoms with van der Waals surface area (Å²) in [5, 5.41) is 0. The fourth-order valence-electron chi connectivity index (χ4n) is 3.60. The lowest BCUT2D eigenvalue weighted by atomic mass is 10.3. The summed E-state index contributed by atoms with van der Waals surface area (Å²) < 4.78 is 76.2. The van der Waals surface area contributed by atoms with Gasteiger partial charge in [-0.15, -0.1) is 0 Å². The van der Waals surface area contributed by atoms with Crippen LogP contribution in [0.2, 0.25) is 0 Å². The molecule has 3 rings (SSSR count). The van der Waals surface area contributed by atoms with E-state index in [1.807, 2.05) is 0 Å². The van der Waals surface area contributed by atoms with Gasteiger partial charge in [0.2, 0.25) is 20.0 Å². The summed E-state index contributed by atoms with van der Waals surface area (Å²) in [4.78, 5) is 0.104. The van der Waals surface area contributed by atoms with Gasteiger partial charge in [0.15, 0.2) is 23.0 Å². The summed E-state index contributed by atoms with van der Waals surface area (Å²) in [6.45, 7) is 0.412. The van der Waals surface area contributed by atoms with Crippen LogP contribution >= 0.6 is 0 Å². The van der Waals surface area contributed by atoms with Gasteiger partial charge in [0, 0.05) is 38.3 Å². The second-order valence-corrected chi connectivity index (χ2v) is 11.1. The quantitative estimate of drug-likeness (QED) is 0.540. The van der Waals surface area contributed by atoms with Crippen molar-refractivity contribution in [2.75, 3.05) is 54.6 Å². The van der Waals surface area contributed by atoms with E-state index in [0.717, 1.165) is 0 Å². The van der Waals surface area contributed by atoms with Gasteiger partial charge in [-0.25, -0.2) is 16.8 Å². The average molecular weight is 501 g/mol. The molecule has 1 aliphatic rings. The monoisotopic (exact) mass is 500 g/mol. The van der Waals surface area contributed by atoms with Gasteiger partial charge < -0.3 is 18.9 Å². The van der Waals surface area contributed by atoms with Crippen molar-refractivity contribution in [1.29, 1.82) is 0 Å². The molecule has 0 aliphatic carbocycles. The van der Waals surface area contributed by atoms with Crippen molar-refractivity contribution in [2.24, 2.45) is 0 Å².